The van der Waals surface area contributed by atoms with Crippen LogP contribution in [0.15, 0.2) is 0 Å². The molecule has 450 valence electrons. The fourth-order valence-corrected chi connectivity index (χ4v) is 8.52. The van der Waals surface area contributed by atoms with Crippen LogP contribution >= 0.6 is 0 Å². The molecule has 77 heavy (non-hydrogen) atoms. The number of aliphatic hydroxyl groups is 15. The van der Waals surface area contributed by atoms with Gasteiger partial charge in [-0.2, -0.15) is 0 Å². The summed E-state index contributed by atoms with van der Waals surface area (Å²) in [5.74, 6) is -6.96. The Kier molecular flexibility index (Phi) is 32.8. The number of hydrogen-bond donors (Lipinski definition) is 21. The number of nitrogens with two attached hydrogens (primary N) is 1. The lowest BCUT2D eigenvalue weighted by molar-refractivity contribution is -0.150. The number of hydroxylamine groups is 1. The topological polar surface area (TPSA) is 534 Å². The molecule has 0 saturated carbocycles. The molecule has 15 atom stereocenters. The Labute approximate surface area is 444 Å². The highest BCUT2D eigenvalue weighted by Crippen LogP contribution is 2.26. The molecule has 1 saturated heterocycles. The molecule has 0 radical (unpaired) electrons. The van der Waals surface area contributed by atoms with Gasteiger partial charge in [-0.05, 0) is 20.0 Å². The van der Waals surface area contributed by atoms with E-state index >= 15 is 0 Å². The summed E-state index contributed by atoms with van der Waals surface area (Å²) >= 11 is 0. The van der Waals surface area contributed by atoms with Gasteiger partial charge in [0.15, 0.2) is 12.2 Å². The van der Waals surface area contributed by atoms with Gasteiger partial charge in [-0.1, -0.05) is 13.8 Å². The third-order valence-electron chi connectivity index (χ3n) is 13.2. The van der Waals surface area contributed by atoms with E-state index in [1.165, 1.54) is 9.80 Å². The summed E-state index contributed by atoms with van der Waals surface area (Å²) in [5.41, 5.74) is 7.10. The van der Waals surface area contributed by atoms with Gasteiger partial charge in [0.1, 0.15) is 73.1 Å². The number of aliphatic hydroxyl groups excluding tert-OH is 15. The van der Waals surface area contributed by atoms with Gasteiger partial charge < -0.3 is 113 Å². The second kappa shape index (κ2) is 35.6. The maximum Gasteiger partial charge on any atom is 0.321 e. The first-order valence-electron chi connectivity index (χ1n) is 25.0. The lowest BCUT2D eigenvalue weighted by atomic mass is 9.96. The molecule has 0 aromatic carbocycles. The molecule has 22 N–H and O–H groups in total. The lowest BCUT2D eigenvalue weighted by Gasteiger charge is -2.45. The van der Waals surface area contributed by atoms with Crippen LogP contribution in [0.5, 0.6) is 0 Å². The van der Waals surface area contributed by atoms with E-state index in [2.05, 4.69) is 16.1 Å². The molecule has 4 amide bonds. The molecule has 0 aromatic heterocycles. The van der Waals surface area contributed by atoms with Crippen LogP contribution in [0.1, 0.15) is 33.6 Å². The number of likely N-dealkylation sites (N-methyl/N-ethyl adjacent to an activating group) is 1. The SMILES string of the molecule is CCN(CC)C1(C)CN(C(CC(=O)N(CCN)CCNC(=O)C(O)C(O)C(O)C(O)CO)C(=O)O)CCN(C(CC(=O)N(CCNOCC(O)C(O)C(O)C(O)CO)CCNC(=O)C(O)C(O)C(O)C(O)CO)C(=O)O)C1. The number of nitrogens with zero attached hydrogens (tertiary/aromatic N) is 5. The van der Waals surface area contributed by atoms with E-state index in [9.17, 15) is 100 Å². The minimum absolute atomic E-state index is 0.0412. The molecule has 0 spiro atoms. The zero-order chi connectivity index (χ0) is 58.9. The average molecular weight is 1120 g/mol. The zero-order valence-electron chi connectivity index (χ0n) is 43.5. The number of rotatable bonds is 39. The molecule has 0 aliphatic carbocycles. The highest BCUT2D eigenvalue weighted by atomic mass is 16.6. The van der Waals surface area contributed by atoms with Crippen LogP contribution in [0, 0.1) is 0 Å². The van der Waals surface area contributed by atoms with Crippen LogP contribution in [-0.4, -0.2) is 356 Å². The van der Waals surface area contributed by atoms with Crippen LogP contribution in [0.3, 0.4) is 0 Å². The molecule has 0 aromatic rings. The van der Waals surface area contributed by atoms with Crippen LogP contribution in [-0.2, 0) is 33.6 Å². The molecule has 33 nitrogen and oxygen atoms in total. The van der Waals surface area contributed by atoms with Crippen molar-refractivity contribution in [2.75, 3.05) is 118 Å². The number of hydrogen-bond acceptors (Lipinski definition) is 27. The van der Waals surface area contributed by atoms with Crippen LogP contribution in [0.2, 0.25) is 0 Å². The van der Waals surface area contributed by atoms with Crippen LogP contribution in [0.4, 0.5) is 0 Å². The van der Waals surface area contributed by atoms with Crippen molar-refractivity contribution in [1.82, 2.24) is 40.6 Å². The number of carboxylic acid groups (broad SMARTS) is 2. The molecule has 1 aliphatic heterocycles. The summed E-state index contributed by atoms with van der Waals surface area (Å²) in [6.45, 7) is -0.275. The maximum absolute atomic E-state index is 14.2. The Morgan fingerprint density at radius 1 is 0.558 bits per heavy atom. The first-order valence-corrected chi connectivity index (χ1v) is 25.0. The normalized spacial score (nSPS) is 21.1. The molecular formula is C44H85N9O24. The van der Waals surface area contributed by atoms with Crippen LogP contribution < -0.4 is 21.8 Å². The second-order valence-electron chi connectivity index (χ2n) is 18.7. The molecular weight excluding hydrogens is 1040 g/mol. The third-order valence-corrected chi connectivity index (χ3v) is 13.2. The summed E-state index contributed by atoms with van der Waals surface area (Å²) in [5, 5.41) is 172. The first kappa shape index (κ1) is 71.0. The minimum Gasteiger partial charge on any atom is -0.480 e. The number of amides is 4. The molecule has 33 heteroatoms. The predicted molar refractivity (Wildman–Crippen MR) is 262 cm³/mol. The van der Waals surface area contributed by atoms with E-state index in [4.69, 9.17) is 25.9 Å². The monoisotopic (exact) mass is 1120 g/mol. The van der Waals surface area contributed by atoms with E-state index in [0.29, 0.717) is 13.1 Å². The lowest BCUT2D eigenvalue weighted by Crippen LogP contribution is -2.60. The quantitative estimate of drug-likeness (QED) is 0.0201. The summed E-state index contributed by atoms with van der Waals surface area (Å²) in [7, 11) is 0. The number of carbonyl (C=O) groups is 6. The predicted octanol–water partition coefficient (Wildman–Crippen LogP) is -12.9. The Bertz CT molecular complexity index is 1780. The molecule has 1 heterocycles. The summed E-state index contributed by atoms with van der Waals surface area (Å²) < 4.78 is 0. The summed E-state index contributed by atoms with van der Waals surface area (Å²) in [6, 6.07) is -3.13. The fraction of sp³-hybridized carbons (Fsp3) is 0.864. The molecule has 0 bridgehead atoms. The Balaban J connectivity index is 3.45. The number of carbonyl (C=O) groups excluding carboxylic acids is 4. The molecule has 1 aliphatic rings. The number of nitrogens with one attached hydrogen (secondary N) is 3. The van der Waals surface area contributed by atoms with Crippen molar-refractivity contribution in [3.8, 4) is 0 Å². The van der Waals surface area contributed by atoms with E-state index in [0.717, 1.165) is 9.80 Å². The van der Waals surface area contributed by atoms with Gasteiger partial charge in [-0.15, -0.1) is 0 Å². The van der Waals surface area contributed by atoms with E-state index in [1.54, 1.807) is 6.92 Å². The molecule has 15 unspecified atom stereocenters. The van der Waals surface area contributed by atoms with Crippen molar-refractivity contribution >= 4 is 35.6 Å². The van der Waals surface area contributed by atoms with Crippen molar-refractivity contribution in [3.05, 3.63) is 0 Å². The first-order chi connectivity index (χ1) is 36.1. The Hall–Kier alpha value is -4.02. The van der Waals surface area contributed by atoms with Crippen molar-refractivity contribution in [3.63, 3.8) is 0 Å². The smallest absolute Gasteiger partial charge is 0.321 e. The van der Waals surface area contributed by atoms with E-state index < -0.39 is 179 Å². The van der Waals surface area contributed by atoms with Gasteiger partial charge in [0.05, 0.1) is 39.3 Å². The van der Waals surface area contributed by atoms with Crippen molar-refractivity contribution < 1.29 is 120 Å². The highest BCUT2D eigenvalue weighted by molar-refractivity contribution is 5.86. The summed E-state index contributed by atoms with van der Waals surface area (Å²) in [6.07, 6.45) is -26.1. The second-order valence-corrected chi connectivity index (χ2v) is 18.7. The number of carboxylic acids is 2. The van der Waals surface area contributed by atoms with Gasteiger partial charge in [0.2, 0.25) is 11.8 Å². The van der Waals surface area contributed by atoms with Gasteiger partial charge in [-0.25, -0.2) is 5.48 Å². The van der Waals surface area contributed by atoms with Gasteiger partial charge in [-0.3, -0.25) is 48.3 Å². The number of aliphatic carboxylic acids is 2. The van der Waals surface area contributed by atoms with Crippen molar-refractivity contribution in [2.45, 2.75) is 124 Å². The maximum atomic E-state index is 14.2. The van der Waals surface area contributed by atoms with E-state index in [1.807, 2.05) is 18.7 Å². The van der Waals surface area contributed by atoms with E-state index in [-0.39, 0.29) is 65.4 Å². The third kappa shape index (κ3) is 22.2. The fourth-order valence-electron chi connectivity index (χ4n) is 8.52. The average Bonchev–Trinajstić information content (AvgIpc) is 3.58. The highest BCUT2D eigenvalue weighted by Gasteiger charge is 2.45. The van der Waals surface area contributed by atoms with Crippen molar-refractivity contribution in [1.29, 1.82) is 0 Å². The van der Waals surface area contributed by atoms with Gasteiger partial charge in [0, 0.05) is 84.1 Å². The van der Waals surface area contributed by atoms with Crippen molar-refractivity contribution in [2.24, 2.45) is 5.73 Å². The standard InChI is InChI=1S/C44H85N9O24/c1-4-53(5-2)44(3)22-51(24(42(73)74)16-30(61)49(10-6-45)11-7-46-40(71)38(69)36(67)33(64)27(58)19-55)14-15-52(23-44)25(43(75)76)17-31(62)50(12-8-47-41(72)39(70)37(68)34(65)28(59)20-56)13-9-48-77-21-29(60)35(66)32(63)26(57)18-54/h24-29,32-39,48,54-60,63-70H,4-23,45H2,1-3H3,(H,46,71)(H,47,72)(H,73,74)(H,75,76). The summed E-state index contributed by atoms with van der Waals surface area (Å²) in [4.78, 5) is 91.8. The zero-order valence-corrected chi connectivity index (χ0v) is 43.5. The Morgan fingerprint density at radius 3 is 1.26 bits per heavy atom. The largest absolute Gasteiger partial charge is 0.480 e. The molecule has 1 fully saturated rings. The Morgan fingerprint density at radius 2 is 0.909 bits per heavy atom. The van der Waals surface area contributed by atoms with Gasteiger partial charge in [0.25, 0.3) is 11.8 Å². The minimum atomic E-state index is -2.34. The van der Waals surface area contributed by atoms with Crippen LogP contribution in [0.25, 0.3) is 0 Å². The molecule has 1 rings (SSSR count). The van der Waals surface area contributed by atoms with Gasteiger partial charge >= 0.3 is 11.9 Å².